The number of piperidine rings is 1. The molecule has 1 aliphatic heterocycles. The molecule has 34 heavy (non-hydrogen) atoms. The molecule has 1 atom stereocenters. The number of hydrogen-bond acceptors (Lipinski definition) is 4. The standard InChI is InChI=1S/C26H29Cl2N3O3/c1-4-34-26(33)19-6-5-9-30(14-19)25(32)15-31-23-11-17(3)16(2)10-22(23)29-24(31)12-18-7-8-20(27)13-21(18)28/h7-8,10-11,13,19H,4-6,9,12,14-15H2,1-3H3/t19-/m1/s1. The molecule has 0 radical (unpaired) electrons. The lowest BCUT2D eigenvalue weighted by atomic mass is 9.98. The normalized spacial score (nSPS) is 16.1. The van der Waals surface area contributed by atoms with Crippen molar-refractivity contribution < 1.29 is 14.3 Å². The second kappa shape index (κ2) is 10.4. The number of aryl methyl sites for hydroxylation is 2. The summed E-state index contributed by atoms with van der Waals surface area (Å²) < 4.78 is 7.16. The van der Waals surface area contributed by atoms with Gasteiger partial charge >= 0.3 is 5.97 Å². The van der Waals surface area contributed by atoms with Gasteiger partial charge in [-0.05, 0) is 74.6 Å². The van der Waals surface area contributed by atoms with E-state index in [-0.39, 0.29) is 24.3 Å². The van der Waals surface area contributed by atoms with Gasteiger partial charge in [-0.15, -0.1) is 0 Å². The molecule has 4 rings (SSSR count). The summed E-state index contributed by atoms with van der Waals surface area (Å²) in [6.45, 7) is 7.43. The minimum Gasteiger partial charge on any atom is -0.466 e. The van der Waals surface area contributed by atoms with E-state index in [9.17, 15) is 9.59 Å². The second-order valence-electron chi connectivity index (χ2n) is 8.88. The summed E-state index contributed by atoms with van der Waals surface area (Å²) >= 11 is 12.5. The maximum Gasteiger partial charge on any atom is 0.310 e. The van der Waals surface area contributed by atoms with E-state index in [1.807, 2.05) is 10.6 Å². The number of aromatic nitrogens is 2. The van der Waals surface area contributed by atoms with Gasteiger partial charge in [0.05, 0.1) is 23.6 Å². The highest BCUT2D eigenvalue weighted by molar-refractivity contribution is 6.35. The molecule has 1 amide bonds. The fraction of sp³-hybridized carbons (Fsp3) is 0.423. The number of rotatable bonds is 6. The van der Waals surface area contributed by atoms with E-state index in [0.717, 1.165) is 46.4 Å². The Morgan fingerprint density at radius 1 is 1.15 bits per heavy atom. The van der Waals surface area contributed by atoms with E-state index in [1.165, 1.54) is 0 Å². The van der Waals surface area contributed by atoms with E-state index in [2.05, 4.69) is 26.0 Å². The van der Waals surface area contributed by atoms with Gasteiger partial charge in [-0.1, -0.05) is 29.3 Å². The molecule has 2 aromatic carbocycles. The average Bonchev–Trinajstić information content (AvgIpc) is 3.12. The summed E-state index contributed by atoms with van der Waals surface area (Å²) in [5.41, 5.74) is 4.93. The number of hydrogen-bond donors (Lipinski definition) is 0. The van der Waals surface area contributed by atoms with Crippen molar-refractivity contribution in [3.8, 4) is 0 Å². The van der Waals surface area contributed by atoms with Crippen LogP contribution in [-0.4, -0.2) is 46.0 Å². The number of nitrogens with zero attached hydrogens (tertiary/aromatic N) is 3. The fourth-order valence-corrected chi connectivity index (χ4v) is 4.94. The van der Waals surface area contributed by atoms with E-state index >= 15 is 0 Å². The molecule has 3 aromatic rings. The van der Waals surface area contributed by atoms with E-state index < -0.39 is 0 Å². The van der Waals surface area contributed by atoms with Gasteiger partial charge in [0.1, 0.15) is 12.4 Å². The van der Waals surface area contributed by atoms with Crippen LogP contribution in [0, 0.1) is 19.8 Å². The zero-order valence-electron chi connectivity index (χ0n) is 19.7. The van der Waals surface area contributed by atoms with Crippen LogP contribution in [0.5, 0.6) is 0 Å². The fourth-order valence-electron chi connectivity index (χ4n) is 4.47. The quantitative estimate of drug-likeness (QED) is 0.426. The summed E-state index contributed by atoms with van der Waals surface area (Å²) in [6.07, 6.45) is 2.00. The number of likely N-dealkylation sites (tertiary alicyclic amines) is 1. The van der Waals surface area contributed by atoms with Crippen LogP contribution in [0.3, 0.4) is 0 Å². The van der Waals surface area contributed by atoms with Gasteiger partial charge in [-0.2, -0.15) is 0 Å². The summed E-state index contributed by atoms with van der Waals surface area (Å²) in [7, 11) is 0. The van der Waals surface area contributed by atoms with Gasteiger partial charge in [0.15, 0.2) is 0 Å². The molecule has 1 aliphatic rings. The maximum atomic E-state index is 13.4. The molecular formula is C26H29Cl2N3O3. The van der Waals surface area contributed by atoms with Gasteiger partial charge in [0.2, 0.25) is 5.91 Å². The lowest BCUT2D eigenvalue weighted by Gasteiger charge is -2.31. The third-order valence-corrected chi connectivity index (χ3v) is 7.08. The van der Waals surface area contributed by atoms with Crippen molar-refractivity contribution >= 4 is 46.1 Å². The van der Waals surface area contributed by atoms with Gasteiger partial charge in [-0.3, -0.25) is 9.59 Å². The van der Waals surface area contributed by atoms with Crippen molar-refractivity contribution in [3.63, 3.8) is 0 Å². The number of amides is 1. The SMILES string of the molecule is CCOC(=O)[C@@H]1CCCN(C(=O)Cn2c(Cc3ccc(Cl)cc3Cl)nc3cc(C)c(C)cc32)C1. The van der Waals surface area contributed by atoms with E-state index in [1.54, 1.807) is 24.0 Å². The molecular weight excluding hydrogens is 473 g/mol. The molecule has 0 bridgehead atoms. The Labute approximate surface area is 209 Å². The number of imidazole rings is 1. The molecule has 6 nitrogen and oxygen atoms in total. The van der Waals surface area contributed by atoms with Crippen molar-refractivity contribution in [3.05, 3.63) is 62.9 Å². The van der Waals surface area contributed by atoms with Crippen molar-refractivity contribution in [2.24, 2.45) is 5.92 Å². The van der Waals surface area contributed by atoms with Crippen molar-refractivity contribution in [1.29, 1.82) is 0 Å². The predicted molar refractivity (Wildman–Crippen MR) is 134 cm³/mol. The molecule has 1 fully saturated rings. The Balaban J connectivity index is 1.65. The number of fused-ring (bicyclic) bond motifs is 1. The van der Waals surface area contributed by atoms with Crippen LogP contribution in [0.25, 0.3) is 11.0 Å². The third kappa shape index (κ3) is 5.23. The number of carbonyl (C=O) groups excluding carboxylic acids is 2. The highest BCUT2D eigenvalue weighted by Gasteiger charge is 2.30. The summed E-state index contributed by atoms with van der Waals surface area (Å²) in [5, 5.41) is 1.14. The van der Waals surface area contributed by atoms with Crippen LogP contribution in [-0.2, 0) is 27.3 Å². The van der Waals surface area contributed by atoms with Crippen LogP contribution in [0.4, 0.5) is 0 Å². The Bertz CT molecular complexity index is 1240. The average molecular weight is 502 g/mol. The molecule has 0 N–H and O–H groups in total. The number of halogens is 2. The first-order valence-electron chi connectivity index (χ1n) is 11.6. The Hall–Kier alpha value is -2.57. The Morgan fingerprint density at radius 2 is 1.91 bits per heavy atom. The highest BCUT2D eigenvalue weighted by Crippen LogP contribution is 2.27. The van der Waals surface area contributed by atoms with Crippen LogP contribution in [0.15, 0.2) is 30.3 Å². The zero-order chi connectivity index (χ0) is 24.4. The third-order valence-electron chi connectivity index (χ3n) is 6.49. The van der Waals surface area contributed by atoms with Gasteiger partial charge in [0.25, 0.3) is 0 Å². The summed E-state index contributed by atoms with van der Waals surface area (Å²) in [6, 6.07) is 9.54. The van der Waals surface area contributed by atoms with Gasteiger partial charge < -0.3 is 14.2 Å². The van der Waals surface area contributed by atoms with E-state index in [4.69, 9.17) is 32.9 Å². The molecule has 0 aliphatic carbocycles. The van der Waals surface area contributed by atoms with Crippen molar-refractivity contribution in [2.75, 3.05) is 19.7 Å². The van der Waals surface area contributed by atoms with Crippen LogP contribution < -0.4 is 0 Å². The minimum atomic E-state index is -0.269. The first-order chi connectivity index (χ1) is 16.3. The minimum absolute atomic E-state index is 0.0324. The van der Waals surface area contributed by atoms with Crippen LogP contribution in [0.2, 0.25) is 10.0 Å². The highest BCUT2D eigenvalue weighted by atomic mass is 35.5. The first kappa shape index (κ1) is 24.6. The summed E-state index contributed by atoms with van der Waals surface area (Å²) in [4.78, 5) is 32.3. The lowest BCUT2D eigenvalue weighted by molar-refractivity contribution is -0.151. The Morgan fingerprint density at radius 3 is 2.65 bits per heavy atom. The number of carbonyl (C=O) groups is 2. The molecule has 1 aromatic heterocycles. The largest absolute Gasteiger partial charge is 0.466 e. The molecule has 0 unspecified atom stereocenters. The molecule has 0 spiro atoms. The Kier molecular flexibility index (Phi) is 7.48. The lowest BCUT2D eigenvalue weighted by Crippen LogP contribution is -2.44. The monoisotopic (exact) mass is 501 g/mol. The second-order valence-corrected chi connectivity index (χ2v) is 9.73. The number of benzene rings is 2. The molecule has 180 valence electrons. The van der Waals surface area contributed by atoms with Gasteiger partial charge in [0, 0.05) is 29.6 Å². The smallest absolute Gasteiger partial charge is 0.310 e. The number of esters is 1. The van der Waals surface area contributed by atoms with Crippen LogP contribution >= 0.6 is 23.2 Å². The number of ether oxygens (including phenoxy) is 1. The first-order valence-corrected chi connectivity index (χ1v) is 12.4. The van der Waals surface area contributed by atoms with E-state index in [0.29, 0.717) is 36.2 Å². The maximum absolute atomic E-state index is 13.4. The topological polar surface area (TPSA) is 64.4 Å². The predicted octanol–water partition coefficient (Wildman–Crippen LogP) is 5.35. The van der Waals surface area contributed by atoms with Crippen molar-refractivity contribution in [2.45, 2.75) is 46.6 Å². The molecule has 1 saturated heterocycles. The van der Waals surface area contributed by atoms with Gasteiger partial charge in [-0.25, -0.2) is 4.98 Å². The van der Waals surface area contributed by atoms with Crippen molar-refractivity contribution in [1.82, 2.24) is 14.5 Å². The van der Waals surface area contributed by atoms with Crippen LogP contribution in [0.1, 0.15) is 42.3 Å². The molecule has 0 saturated carbocycles. The molecule has 8 heteroatoms. The zero-order valence-corrected chi connectivity index (χ0v) is 21.2. The summed E-state index contributed by atoms with van der Waals surface area (Å²) in [5.74, 6) is 0.234. The molecule has 2 heterocycles.